The molecule has 2 aromatic rings. The largest absolute Gasteiger partial charge is 0.385 e. The van der Waals surface area contributed by atoms with Gasteiger partial charge in [-0.2, -0.15) is 0 Å². The van der Waals surface area contributed by atoms with Crippen LogP contribution in [0.5, 0.6) is 0 Å². The lowest BCUT2D eigenvalue weighted by molar-refractivity contribution is 0.195. The van der Waals surface area contributed by atoms with Gasteiger partial charge >= 0.3 is 0 Å². The van der Waals surface area contributed by atoms with Crippen molar-refractivity contribution >= 4 is 29.9 Å². The number of aromatic nitrogens is 3. The second kappa shape index (κ2) is 11.8. The Labute approximate surface area is 172 Å². The summed E-state index contributed by atoms with van der Waals surface area (Å²) >= 11 is 0. The van der Waals surface area contributed by atoms with Crippen LogP contribution in [0.2, 0.25) is 0 Å². The molecule has 7 nitrogen and oxygen atoms in total. The van der Waals surface area contributed by atoms with E-state index in [2.05, 4.69) is 32.5 Å². The Balaban J connectivity index is 0.00000338. The molecule has 0 aliphatic heterocycles. The third-order valence-corrected chi connectivity index (χ3v) is 3.99. The van der Waals surface area contributed by atoms with E-state index in [0.29, 0.717) is 6.54 Å². The van der Waals surface area contributed by atoms with Gasteiger partial charge in [0.25, 0.3) is 0 Å². The highest BCUT2D eigenvalue weighted by atomic mass is 127. The number of rotatable bonds is 8. The van der Waals surface area contributed by atoms with Gasteiger partial charge in [0.1, 0.15) is 12.4 Å². The number of aliphatic imine (C=N–C) groups is 1. The minimum atomic E-state index is 0. The summed E-state index contributed by atoms with van der Waals surface area (Å²) < 4.78 is 7.07. The van der Waals surface area contributed by atoms with Crippen LogP contribution in [0.4, 0.5) is 0 Å². The van der Waals surface area contributed by atoms with E-state index in [1.165, 1.54) is 5.56 Å². The first-order valence-electron chi connectivity index (χ1n) is 8.49. The molecule has 144 valence electrons. The number of benzene rings is 1. The summed E-state index contributed by atoms with van der Waals surface area (Å²) in [7, 11) is 5.71. The van der Waals surface area contributed by atoms with Crippen molar-refractivity contribution in [3.8, 4) is 0 Å². The molecule has 1 N–H and O–H groups in total. The Morgan fingerprint density at radius 2 is 2.00 bits per heavy atom. The zero-order valence-corrected chi connectivity index (χ0v) is 18.3. The number of methoxy groups -OCH3 is 1. The molecule has 1 aromatic carbocycles. The van der Waals surface area contributed by atoms with Crippen molar-refractivity contribution in [2.45, 2.75) is 26.4 Å². The lowest BCUT2D eigenvalue weighted by atomic mass is 10.2. The van der Waals surface area contributed by atoms with Crippen molar-refractivity contribution < 1.29 is 4.74 Å². The van der Waals surface area contributed by atoms with E-state index in [1.807, 2.05) is 43.8 Å². The monoisotopic (exact) mass is 472 g/mol. The fourth-order valence-electron chi connectivity index (χ4n) is 2.39. The van der Waals surface area contributed by atoms with Crippen LogP contribution in [0.1, 0.15) is 23.6 Å². The summed E-state index contributed by atoms with van der Waals surface area (Å²) in [5.74, 6) is 2.58. The predicted octanol–water partition coefficient (Wildman–Crippen LogP) is 2.36. The van der Waals surface area contributed by atoms with E-state index >= 15 is 0 Å². The highest BCUT2D eigenvalue weighted by Crippen LogP contribution is 2.05. The van der Waals surface area contributed by atoms with Gasteiger partial charge in [0.15, 0.2) is 11.8 Å². The molecule has 0 fully saturated rings. The molecule has 0 aliphatic carbocycles. The van der Waals surface area contributed by atoms with E-state index in [0.717, 1.165) is 43.7 Å². The summed E-state index contributed by atoms with van der Waals surface area (Å²) in [6.07, 6.45) is 0.928. The second-order valence-corrected chi connectivity index (χ2v) is 5.98. The highest BCUT2D eigenvalue weighted by molar-refractivity contribution is 14.0. The summed E-state index contributed by atoms with van der Waals surface area (Å²) in [6.45, 7) is 4.75. The molecule has 0 unspecified atom stereocenters. The first kappa shape index (κ1) is 22.4. The molecule has 0 spiro atoms. The minimum Gasteiger partial charge on any atom is -0.385 e. The maximum Gasteiger partial charge on any atom is 0.194 e. The van der Waals surface area contributed by atoms with Gasteiger partial charge in [-0.05, 0) is 18.9 Å². The smallest absolute Gasteiger partial charge is 0.194 e. The predicted molar refractivity (Wildman–Crippen MR) is 115 cm³/mol. The number of hydrogen-bond donors (Lipinski definition) is 1. The number of aryl methyl sites for hydroxylation is 1. The van der Waals surface area contributed by atoms with Crippen molar-refractivity contribution in [2.75, 3.05) is 27.3 Å². The summed E-state index contributed by atoms with van der Waals surface area (Å²) in [6, 6.07) is 10.4. The Bertz CT molecular complexity index is 674. The molecule has 0 saturated heterocycles. The number of guanidine groups is 1. The zero-order valence-electron chi connectivity index (χ0n) is 16.0. The molecular formula is C18H29IN6O. The van der Waals surface area contributed by atoms with Gasteiger partial charge in [0.2, 0.25) is 0 Å². The van der Waals surface area contributed by atoms with Crippen LogP contribution >= 0.6 is 24.0 Å². The Morgan fingerprint density at radius 3 is 2.62 bits per heavy atom. The average molecular weight is 472 g/mol. The Morgan fingerprint density at radius 1 is 1.27 bits per heavy atom. The fraction of sp³-hybridized carbons (Fsp3) is 0.500. The maximum atomic E-state index is 5.11. The van der Waals surface area contributed by atoms with Gasteiger partial charge < -0.3 is 19.5 Å². The lowest BCUT2D eigenvalue weighted by Gasteiger charge is -2.22. The van der Waals surface area contributed by atoms with Crippen LogP contribution in [-0.2, 0) is 24.9 Å². The van der Waals surface area contributed by atoms with Crippen molar-refractivity contribution in [1.82, 2.24) is 25.0 Å². The number of nitrogens with one attached hydrogen (secondary N) is 1. The molecular weight excluding hydrogens is 443 g/mol. The molecule has 2 rings (SSSR count). The Kier molecular flexibility index (Phi) is 10.2. The first-order chi connectivity index (χ1) is 12.1. The van der Waals surface area contributed by atoms with Gasteiger partial charge in [-0.25, -0.2) is 4.99 Å². The van der Waals surface area contributed by atoms with Gasteiger partial charge in [0.05, 0.1) is 0 Å². The third-order valence-electron chi connectivity index (χ3n) is 3.99. The number of nitrogens with zero attached hydrogens (tertiary/aromatic N) is 5. The van der Waals surface area contributed by atoms with Crippen molar-refractivity contribution in [3.63, 3.8) is 0 Å². The highest BCUT2D eigenvalue weighted by Gasteiger charge is 2.09. The van der Waals surface area contributed by atoms with Crippen molar-refractivity contribution in [3.05, 3.63) is 47.5 Å². The number of hydrogen-bond acceptors (Lipinski definition) is 4. The lowest BCUT2D eigenvalue weighted by Crippen LogP contribution is -2.39. The first-order valence-corrected chi connectivity index (χ1v) is 8.49. The normalized spacial score (nSPS) is 11.2. The summed E-state index contributed by atoms with van der Waals surface area (Å²) in [5, 5.41) is 11.7. The van der Waals surface area contributed by atoms with Crippen LogP contribution in [0.25, 0.3) is 0 Å². The molecule has 0 atom stereocenters. The number of ether oxygens (including phenoxy) is 1. The standard InChI is InChI=1S/C18H28N6O.HI/c1-15-21-22-17(24(15)3)13-20-18(19-11-8-12-25-4)23(2)14-16-9-6-5-7-10-16;/h5-7,9-10H,8,11-14H2,1-4H3,(H,19,20);1H. The van der Waals surface area contributed by atoms with E-state index < -0.39 is 0 Å². The van der Waals surface area contributed by atoms with Gasteiger partial charge in [-0.3, -0.25) is 0 Å². The molecule has 26 heavy (non-hydrogen) atoms. The molecule has 0 radical (unpaired) electrons. The molecule has 1 aromatic heterocycles. The van der Waals surface area contributed by atoms with E-state index in [-0.39, 0.29) is 24.0 Å². The minimum absolute atomic E-state index is 0. The average Bonchev–Trinajstić information content (AvgIpc) is 2.94. The molecule has 0 saturated carbocycles. The van der Waals surface area contributed by atoms with E-state index in [4.69, 9.17) is 9.73 Å². The van der Waals surface area contributed by atoms with Crippen LogP contribution in [0, 0.1) is 6.92 Å². The molecule has 0 amide bonds. The zero-order chi connectivity index (χ0) is 18.1. The number of halogens is 1. The van der Waals surface area contributed by atoms with Gasteiger partial charge in [-0.15, -0.1) is 34.2 Å². The molecule has 1 heterocycles. The topological polar surface area (TPSA) is 67.6 Å². The van der Waals surface area contributed by atoms with Gasteiger partial charge in [-0.1, -0.05) is 30.3 Å². The summed E-state index contributed by atoms with van der Waals surface area (Å²) in [5.41, 5.74) is 1.24. The van der Waals surface area contributed by atoms with Crippen LogP contribution < -0.4 is 5.32 Å². The van der Waals surface area contributed by atoms with E-state index in [9.17, 15) is 0 Å². The van der Waals surface area contributed by atoms with E-state index in [1.54, 1.807) is 7.11 Å². The van der Waals surface area contributed by atoms with Crippen molar-refractivity contribution in [2.24, 2.45) is 12.0 Å². The quantitative estimate of drug-likeness (QED) is 0.277. The van der Waals surface area contributed by atoms with Crippen molar-refractivity contribution in [1.29, 1.82) is 0 Å². The molecule has 8 heteroatoms. The fourth-order valence-corrected chi connectivity index (χ4v) is 2.39. The molecule has 0 aliphatic rings. The summed E-state index contributed by atoms with van der Waals surface area (Å²) in [4.78, 5) is 6.85. The van der Waals surface area contributed by atoms with Crippen LogP contribution in [0.15, 0.2) is 35.3 Å². The van der Waals surface area contributed by atoms with Crippen LogP contribution in [0.3, 0.4) is 0 Å². The van der Waals surface area contributed by atoms with Gasteiger partial charge in [0, 0.05) is 40.9 Å². The SMILES string of the molecule is COCCCNC(=NCc1nnc(C)n1C)N(C)Cc1ccccc1.I. The maximum absolute atomic E-state index is 5.11. The van der Waals surface area contributed by atoms with Crippen LogP contribution in [-0.4, -0.2) is 52.9 Å². The third kappa shape index (κ3) is 6.91. The molecule has 0 bridgehead atoms. The Hall–Kier alpha value is -1.68. The second-order valence-electron chi connectivity index (χ2n) is 5.98.